The zero-order valence-corrected chi connectivity index (χ0v) is 8.21. The molecule has 0 aliphatic carbocycles. The second kappa shape index (κ2) is 22.6. The first-order valence-corrected chi connectivity index (χ1v) is 3.38. The van der Waals surface area contributed by atoms with E-state index in [1.165, 1.54) is 0 Å². The molecule has 0 bridgehead atoms. The Balaban J connectivity index is -0.000000135. The quantitative estimate of drug-likeness (QED) is 0.343. The molecular weight excluding hydrogens is 176 g/mol. The lowest BCUT2D eigenvalue weighted by Crippen LogP contribution is -2.12. The molecule has 0 saturated heterocycles. The zero-order chi connectivity index (χ0) is 7.66. The molecule has 0 rings (SSSR count). The summed E-state index contributed by atoms with van der Waals surface area (Å²) in [6.07, 6.45) is 0. The van der Waals surface area contributed by atoms with Gasteiger partial charge in [-0.3, -0.25) is 0 Å². The lowest BCUT2D eigenvalue weighted by molar-refractivity contribution is 0.0354. The van der Waals surface area contributed by atoms with E-state index in [0.29, 0.717) is 33.0 Å². The Kier molecular flexibility index (Phi) is 39.9. The topological polar surface area (TPSA) is 170 Å². The third kappa shape index (κ3) is 24.5. The van der Waals surface area contributed by atoms with Crippen LogP contribution < -0.4 is 24.2 Å². The van der Waals surface area contributed by atoms with E-state index in [4.69, 9.17) is 20.3 Å². The van der Waals surface area contributed by atoms with Crippen molar-refractivity contribution in [3.05, 3.63) is 0 Å². The Bertz CT molecular complexity index is 59.8. The van der Waals surface area contributed by atoms with E-state index in [-0.39, 0.29) is 25.1 Å². The Morgan fingerprint density at radius 2 is 1.31 bits per heavy atom. The molecule has 0 saturated carbocycles. The number of aliphatic hydroxyl groups excluding tert-OH is 1. The summed E-state index contributed by atoms with van der Waals surface area (Å²) >= 11 is 0. The van der Waals surface area contributed by atoms with Crippen molar-refractivity contribution in [3.63, 3.8) is 0 Å². The molecule has 86 valence electrons. The molecule has 12 N–H and O–H groups in total. The SMILES string of the molecule is N.N.N.NCCOCCOCCO. The molecule has 0 aromatic heterocycles. The van der Waals surface area contributed by atoms with E-state index >= 15 is 0 Å². The van der Waals surface area contributed by atoms with E-state index in [1.54, 1.807) is 0 Å². The van der Waals surface area contributed by atoms with Crippen LogP contribution in [0.15, 0.2) is 0 Å². The van der Waals surface area contributed by atoms with Crippen LogP contribution in [0.2, 0.25) is 0 Å². The highest BCUT2D eigenvalue weighted by Gasteiger charge is 1.86. The van der Waals surface area contributed by atoms with Crippen molar-refractivity contribution in [2.45, 2.75) is 0 Å². The van der Waals surface area contributed by atoms with Gasteiger partial charge in [0.1, 0.15) is 0 Å². The highest BCUT2D eigenvalue weighted by atomic mass is 16.5. The molecule has 0 aliphatic heterocycles. The molecule has 13 heavy (non-hydrogen) atoms. The third-order valence-corrected chi connectivity index (χ3v) is 0.870. The van der Waals surface area contributed by atoms with Crippen molar-refractivity contribution in [2.24, 2.45) is 5.73 Å². The molecule has 0 aromatic rings. The summed E-state index contributed by atoms with van der Waals surface area (Å²) in [6.45, 7) is 2.64. The summed E-state index contributed by atoms with van der Waals surface area (Å²) in [5.74, 6) is 0. The van der Waals surface area contributed by atoms with E-state index in [1.807, 2.05) is 0 Å². The lowest BCUT2D eigenvalue weighted by atomic mass is 10.7. The number of hydrogen-bond acceptors (Lipinski definition) is 7. The van der Waals surface area contributed by atoms with Crippen LogP contribution in [0.4, 0.5) is 0 Å². The molecule has 0 heterocycles. The van der Waals surface area contributed by atoms with Crippen molar-refractivity contribution in [3.8, 4) is 0 Å². The highest BCUT2D eigenvalue weighted by molar-refractivity contribution is 4.32. The van der Waals surface area contributed by atoms with Gasteiger partial charge < -0.3 is 38.8 Å². The molecule has 7 heteroatoms. The highest BCUT2D eigenvalue weighted by Crippen LogP contribution is 1.76. The molecule has 0 radical (unpaired) electrons. The summed E-state index contributed by atoms with van der Waals surface area (Å²) in [5, 5.41) is 8.28. The maximum atomic E-state index is 8.28. The van der Waals surface area contributed by atoms with Gasteiger partial charge in [-0.2, -0.15) is 0 Å². The lowest BCUT2D eigenvalue weighted by Gasteiger charge is -2.02. The van der Waals surface area contributed by atoms with Gasteiger partial charge >= 0.3 is 0 Å². The second-order valence-corrected chi connectivity index (χ2v) is 1.74. The van der Waals surface area contributed by atoms with Gasteiger partial charge in [-0.05, 0) is 0 Å². The van der Waals surface area contributed by atoms with Gasteiger partial charge in [-0.25, -0.2) is 0 Å². The molecular formula is C6H24N4O3. The maximum absolute atomic E-state index is 8.28. The minimum atomic E-state index is 0. The predicted octanol–water partition coefficient (Wildman–Crippen LogP) is -0.543. The average molecular weight is 200 g/mol. The first-order chi connectivity index (χ1) is 4.91. The Morgan fingerprint density at radius 1 is 0.846 bits per heavy atom. The van der Waals surface area contributed by atoms with Crippen molar-refractivity contribution in [1.29, 1.82) is 0 Å². The van der Waals surface area contributed by atoms with Gasteiger partial charge in [0.25, 0.3) is 0 Å². The smallest absolute Gasteiger partial charge is 0.0701 e. The molecule has 0 spiro atoms. The van der Waals surface area contributed by atoms with E-state index in [9.17, 15) is 0 Å². The summed E-state index contributed by atoms with van der Waals surface area (Å²) < 4.78 is 9.91. The number of nitrogens with two attached hydrogens (primary N) is 1. The molecule has 0 aliphatic rings. The van der Waals surface area contributed by atoms with Gasteiger partial charge in [0.05, 0.1) is 33.0 Å². The monoisotopic (exact) mass is 200 g/mol. The molecule has 0 aromatic carbocycles. The Labute approximate surface area is 79.3 Å². The predicted molar refractivity (Wildman–Crippen MR) is 52.8 cm³/mol. The zero-order valence-electron chi connectivity index (χ0n) is 8.21. The van der Waals surface area contributed by atoms with Crippen LogP contribution in [0.25, 0.3) is 0 Å². The normalized spacial score (nSPS) is 7.85. The number of ether oxygens (including phenoxy) is 2. The number of hydrogen-bond donors (Lipinski definition) is 5. The van der Waals surface area contributed by atoms with Crippen LogP contribution in [-0.2, 0) is 9.47 Å². The first kappa shape index (κ1) is 23.0. The fourth-order valence-electron chi connectivity index (χ4n) is 0.470. The van der Waals surface area contributed by atoms with Crippen LogP contribution in [-0.4, -0.2) is 44.7 Å². The van der Waals surface area contributed by atoms with Gasteiger partial charge in [-0.1, -0.05) is 0 Å². The number of aliphatic hydroxyl groups is 1. The van der Waals surface area contributed by atoms with Crippen LogP contribution >= 0.6 is 0 Å². The van der Waals surface area contributed by atoms with Crippen molar-refractivity contribution in [1.82, 2.24) is 18.5 Å². The van der Waals surface area contributed by atoms with Gasteiger partial charge in [0.15, 0.2) is 0 Å². The summed E-state index contributed by atoms with van der Waals surface area (Å²) in [7, 11) is 0. The molecule has 0 amide bonds. The molecule has 7 nitrogen and oxygen atoms in total. The first-order valence-electron chi connectivity index (χ1n) is 3.38. The Hall–Kier alpha value is -0.280. The summed E-state index contributed by atoms with van der Waals surface area (Å²) in [4.78, 5) is 0. The molecule has 0 atom stereocenters. The number of rotatable bonds is 7. The van der Waals surface area contributed by atoms with Crippen molar-refractivity contribution >= 4 is 0 Å². The van der Waals surface area contributed by atoms with Crippen molar-refractivity contribution in [2.75, 3.05) is 39.6 Å². The summed E-state index contributed by atoms with van der Waals surface area (Å²) in [6, 6.07) is 0. The molecule has 0 fully saturated rings. The fourth-order valence-corrected chi connectivity index (χ4v) is 0.470. The Morgan fingerprint density at radius 3 is 1.69 bits per heavy atom. The van der Waals surface area contributed by atoms with Crippen LogP contribution in [0.3, 0.4) is 0 Å². The average Bonchev–Trinajstić information content (AvgIpc) is 1.97. The maximum Gasteiger partial charge on any atom is 0.0701 e. The minimum absolute atomic E-state index is 0. The van der Waals surface area contributed by atoms with E-state index in [0.717, 1.165) is 0 Å². The summed E-state index contributed by atoms with van der Waals surface area (Å²) in [5.41, 5.74) is 5.16. The standard InChI is InChI=1S/C6H15NO3.3H3N/c7-1-3-9-5-6-10-4-2-8;;;/h8H,1-7H2;3*1H3. The van der Waals surface area contributed by atoms with Gasteiger partial charge in [0, 0.05) is 6.54 Å². The van der Waals surface area contributed by atoms with E-state index in [2.05, 4.69) is 0 Å². The van der Waals surface area contributed by atoms with E-state index < -0.39 is 0 Å². The van der Waals surface area contributed by atoms with Crippen LogP contribution in [0.5, 0.6) is 0 Å². The minimum Gasteiger partial charge on any atom is -0.394 e. The third-order valence-electron chi connectivity index (χ3n) is 0.870. The molecule has 0 unspecified atom stereocenters. The van der Waals surface area contributed by atoms with Gasteiger partial charge in [-0.15, -0.1) is 0 Å². The van der Waals surface area contributed by atoms with Crippen molar-refractivity contribution < 1.29 is 14.6 Å². The van der Waals surface area contributed by atoms with Crippen LogP contribution in [0, 0.1) is 0 Å². The second-order valence-electron chi connectivity index (χ2n) is 1.74. The van der Waals surface area contributed by atoms with Gasteiger partial charge in [0.2, 0.25) is 0 Å². The largest absolute Gasteiger partial charge is 0.394 e. The fraction of sp³-hybridized carbons (Fsp3) is 1.00. The van der Waals surface area contributed by atoms with Crippen LogP contribution in [0.1, 0.15) is 0 Å².